The molecule has 3 rings (SSSR count). The highest BCUT2D eigenvalue weighted by atomic mass is 16.5. The predicted octanol–water partition coefficient (Wildman–Crippen LogP) is 3.68. The molecule has 0 spiro atoms. The zero-order valence-electron chi connectivity index (χ0n) is 16.0. The van der Waals surface area contributed by atoms with Crippen LogP contribution in [-0.2, 0) is 10.2 Å². The lowest BCUT2D eigenvalue weighted by molar-refractivity contribution is 0.00726. The third-order valence-corrected chi connectivity index (χ3v) is 4.55. The standard InChI is InChI=1S/C20H27N3O3/c1-5-25-14-9-8-12-23(13-14)18(24)16-11-7-6-10-15(16)17-21-19(22-26-17)20(2,3)4/h6-7,10-11,14H,5,8-9,12-13H2,1-4H3/t14-/m0/s1. The van der Waals surface area contributed by atoms with E-state index in [0.29, 0.717) is 36.0 Å². The van der Waals surface area contributed by atoms with Crippen molar-refractivity contribution in [1.29, 1.82) is 0 Å². The molecule has 1 aliphatic heterocycles. The van der Waals surface area contributed by atoms with Gasteiger partial charge in [0.05, 0.1) is 17.2 Å². The van der Waals surface area contributed by atoms with Crippen LogP contribution in [0.5, 0.6) is 0 Å². The number of ether oxygens (including phenoxy) is 1. The highest BCUT2D eigenvalue weighted by Crippen LogP contribution is 2.27. The van der Waals surface area contributed by atoms with Gasteiger partial charge < -0.3 is 14.2 Å². The van der Waals surface area contributed by atoms with E-state index in [1.54, 1.807) is 0 Å². The van der Waals surface area contributed by atoms with Gasteiger partial charge in [0.15, 0.2) is 5.82 Å². The van der Waals surface area contributed by atoms with Crippen molar-refractivity contribution in [2.45, 2.75) is 52.1 Å². The Kier molecular flexibility index (Phi) is 5.41. The molecule has 26 heavy (non-hydrogen) atoms. The van der Waals surface area contributed by atoms with Crippen molar-refractivity contribution in [3.63, 3.8) is 0 Å². The third-order valence-electron chi connectivity index (χ3n) is 4.55. The average molecular weight is 357 g/mol. The summed E-state index contributed by atoms with van der Waals surface area (Å²) in [5, 5.41) is 4.08. The molecular formula is C20H27N3O3. The second-order valence-electron chi connectivity index (χ2n) is 7.69. The monoisotopic (exact) mass is 357 g/mol. The Morgan fingerprint density at radius 2 is 2.12 bits per heavy atom. The second-order valence-corrected chi connectivity index (χ2v) is 7.69. The number of hydrogen-bond donors (Lipinski definition) is 0. The smallest absolute Gasteiger partial charge is 0.258 e. The van der Waals surface area contributed by atoms with E-state index in [1.165, 1.54) is 0 Å². The molecule has 0 N–H and O–H groups in total. The van der Waals surface area contributed by atoms with Gasteiger partial charge >= 0.3 is 0 Å². The molecule has 2 heterocycles. The molecule has 1 atom stereocenters. The van der Waals surface area contributed by atoms with Gasteiger partial charge in [-0.1, -0.05) is 38.1 Å². The first-order valence-electron chi connectivity index (χ1n) is 9.24. The highest BCUT2D eigenvalue weighted by Gasteiger charge is 2.28. The molecule has 1 fully saturated rings. The lowest BCUT2D eigenvalue weighted by atomic mass is 9.96. The van der Waals surface area contributed by atoms with E-state index < -0.39 is 0 Å². The minimum absolute atomic E-state index is 0.0134. The molecule has 1 aromatic heterocycles. The Morgan fingerprint density at radius 3 is 2.81 bits per heavy atom. The summed E-state index contributed by atoms with van der Waals surface area (Å²) in [5.41, 5.74) is 1.06. The number of amides is 1. The molecule has 1 aliphatic rings. The number of likely N-dealkylation sites (tertiary alicyclic amines) is 1. The summed E-state index contributed by atoms with van der Waals surface area (Å²) in [7, 11) is 0. The summed E-state index contributed by atoms with van der Waals surface area (Å²) in [6, 6.07) is 7.42. The van der Waals surface area contributed by atoms with E-state index in [0.717, 1.165) is 19.4 Å². The number of carbonyl (C=O) groups excluding carboxylic acids is 1. The van der Waals surface area contributed by atoms with Crippen LogP contribution in [0.4, 0.5) is 0 Å². The van der Waals surface area contributed by atoms with Crippen LogP contribution in [0.25, 0.3) is 11.5 Å². The van der Waals surface area contributed by atoms with Crippen molar-refractivity contribution < 1.29 is 14.1 Å². The highest BCUT2D eigenvalue weighted by molar-refractivity contribution is 6.00. The normalized spacial score (nSPS) is 18.2. The Labute approximate surface area is 154 Å². The van der Waals surface area contributed by atoms with E-state index in [9.17, 15) is 4.79 Å². The first-order valence-corrected chi connectivity index (χ1v) is 9.24. The maximum Gasteiger partial charge on any atom is 0.258 e. The Balaban J connectivity index is 1.87. The van der Waals surface area contributed by atoms with Gasteiger partial charge in [0.2, 0.25) is 0 Å². The average Bonchev–Trinajstić information content (AvgIpc) is 3.12. The maximum absolute atomic E-state index is 13.1. The topological polar surface area (TPSA) is 68.5 Å². The van der Waals surface area contributed by atoms with Crippen molar-refractivity contribution in [1.82, 2.24) is 15.0 Å². The number of carbonyl (C=O) groups is 1. The first-order chi connectivity index (χ1) is 12.4. The largest absolute Gasteiger partial charge is 0.377 e. The van der Waals surface area contributed by atoms with Gasteiger partial charge in [-0.25, -0.2) is 0 Å². The predicted molar refractivity (Wildman–Crippen MR) is 99.0 cm³/mol. The van der Waals surface area contributed by atoms with E-state index in [4.69, 9.17) is 9.26 Å². The van der Waals surface area contributed by atoms with E-state index >= 15 is 0 Å². The van der Waals surface area contributed by atoms with Gasteiger partial charge in [-0.2, -0.15) is 4.98 Å². The summed E-state index contributed by atoms with van der Waals surface area (Å²) >= 11 is 0. The number of benzene rings is 1. The minimum atomic E-state index is -0.210. The molecule has 140 valence electrons. The Morgan fingerprint density at radius 1 is 1.35 bits per heavy atom. The quantitative estimate of drug-likeness (QED) is 0.835. The van der Waals surface area contributed by atoms with Gasteiger partial charge in [-0.05, 0) is 31.9 Å². The van der Waals surface area contributed by atoms with Crippen LogP contribution in [0.15, 0.2) is 28.8 Å². The fraction of sp³-hybridized carbons (Fsp3) is 0.550. The van der Waals surface area contributed by atoms with Gasteiger partial charge in [-0.3, -0.25) is 4.79 Å². The number of aromatic nitrogens is 2. The lowest BCUT2D eigenvalue weighted by Crippen LogP contribution is -2.43. The third kappa shape index (κ3) is 3.96. The van der Waals surface area contributed by atoms with Crippen molar-refractivity contribution in [3.05, 3.63) is 35.7 Å². The first kappa shape index (κ1) is 18.6. The number of piperidine rings is 1. The molecule has 0 saturated carbocycles. The van der Waals surface area contributed by atoms with Crippen LogP contribution in [-0.4, -0.2) is 46.7 Å². The molecule has 0 radical (unpaired) electrons. The van der Waals surface area contributed by atoms with Crippen molar-refractivity contribution >= 4 is 5.91 Å². The molecule has 0 bridgehead atoms. The molecule has 6 heteroatoms. The SMILES string of the molecule is CCO[C@H]1CCCN(C(=O)c2ccccc2-c2nc(C(C)(C)C)no2)C1. The van der Waals surface area contributed by atoms with Crippen molar-refractivity contribution in [3.8, 4) is 11.5 Å². The van der Waals surface area contributed by atoms with Gasteiger partial charge in [0.25, 0.3) is 11.8 Å². The molecule has 0 unspecified atom stereocenters. The number of hydrogen-bond acceptors (Lipinski definition) is 5. The Bertz CT molecular complexity index is 762. The lowest BCUT2D eigenvalue weighted by Gasteiger charge is -2.32. The van der Waals surface area contributed by atoms with Crippen molar-refractivity contribution in [2.75, 3.05) is 19.7 Å². The van der Waals surface area contributed by atoms with Gasteiger partial charge in [0.1, 0.15) is 0 Å². The molecular weight excluding hydrogens is 330 g/mol. The summed E-state index contributed by atoms with van der Waals surface area (Å²) in [5.74, 6) is 1.00. The van der Waals surface area contributed by atoms with E-state index in [1.807, 2.05) is 56.9 Å². The van der Waals surface area contributed by atoms with Gasteiger partial charge in [-0.15, -0.1) is 0 Å². The van der Waals surface area contributed by atoms with Crippen LogP contribution < -0.4 is 0 Å². The summed E-state index contributed by atoms with van der Waals surface area (Å²) in [6.45, 7) is 10.1. The summed E-state index contributed by atoms with van der Waals surface area (Å²) < 4.78 is 11.2. The molecule has 1 aromatic carbocycles. The molecule has 2 aromatic rings. The Hall–Kier alpha value is -2.21. The van der Waals surface area contributed by atoms with Crippen LogP contribution in [0.2, 0.25) is 0 Å². The van der Waals surface area contributed by atoms with E-state index in [2.05, 4.69) is 10.1 Å². The zero-order valence-corrected chi connectivity index (χ0v) is 16.0. The zero-order chi connectivity index (χ0) is 18.7. The van der Waals surface area contributed by atoms with Crippen LogP contribution in [0.1, 0.15) is 56.7 Å². The van der Waals surface area contributed by atoms with Crippen LogP contribution >= 0.6 is 0 Å². The maximum atomic E-state index is 13.1. The molecule has 6 nitrogen and oxygen atoms in total. The fourth-order valence-corrected chi connectivity index (χ4v) is 3.16. The fourth-order valence-electron chi connectivity index (χ4n) is 3.16. The molecule has 0 aliphatic carbocycles. The summed E-state index contributed by atoms with van der Waals surface area (Å²) in [6.07, 6.45) is 2.06. The van der Waals surface area contributed by atoms with Crippen LogP contribution in [0, 0.1) is 0 Å². The number of nitrogens with zero attached hydrogens (tertiary/aromatic N) is 3. The minimum Gasteiger partial charge on any atom is -0.377 e. The van der Waals surface area contributed by atoms with E-state index in [-0.39, 0.29) is 17.4 Å². The van der Waals surface area contributed by atoms with Gasteiger partial charge in [0, 0.05) is 25.1 Å². The van der Waals surface area contributed by atoms with Crippen LogP contribution in [0.3, 0.4) is 0 Å². The number of rotatable bonds is 4. The molecule has 1 amide bonds. The van der Waals surface area contributed by atoms with Crippen molar-refractivity contribution in [2.24, 2.45) is 0 Å². The summed E-state index contributed by atoms with van der Waals surface area (Å²) in [4.78, 5) is 19.5. The second kappa shape index (κ2) is 7.58. The molecule has 1 saturated heterocycles.